The molecule has 19 heavy (non-hydrogen) atoms. The molecule has 0 radical (unpaired) electrons. The molecule has 0 aromatic heterocycles. The third kappa shape index (κ3) is 3.58. The van der Waals surface area contributed by atoms with Crippen molar-refractivity contribution in [3.8, 4) is 0 Å². The van der Waals surface area contributed by atoms with Crippen molar-refractivity contribution in [3.63, 3.8) is 0 Å². The van der Waals surface area contributed by atoms with Gasteiger partial charge in [0.1, 0.15) is 5.84 Å². The Kier molecular flexibility index (Phi) is 5.11. The summed E-state index contributed by atoms with van der Waals surface area (Å²) >= 11 is 0. The molecule has 0 bridgehead atoms. The first kappa shape index (κ1) is 14.8. The topological polar surface area (TPSA) is 84.7 Å². The number of allylic oxidation sites excluding steroid dienone is 1. The maximum atomic E-state index is 11.4. The summed E-state index contributed by atoms with van der Waals surface area (Å²) in [4.78, 5) is 17.2. The van der Waals surface area contributed by atoms with Crippen LogP contribution < -0.4 is 16.4 Å². The molecule has 0 saturated carbocycles. The van der Waals surface area contributed by atoms with Crippen LogP contribution in [-0.2, 0) is 4.79 Å². The molecule has 1 rings (SSSR count). The zero-order chi connectivity index (χ0) is 14.4. The SMILES string of the molecule is CCN=C(/C(C)=C(\C)N)N(C=O)c1cccc(N)c1. The van der Waals surface area contributed by atoms with Crippen LogP contribution in [0.4, 0.5) is 11.4 Å². The van der Waals surface area contributed by atoms with Crippen molar-refractivity contribution < 1.29 is 4.79 Å². The van der Waals surface area contributed by atoms with E-state index in [0.717, 1.165) is 12.0 Å². The number of amides is 1. The van der Waals surface area contributed by atoms with Crippen molar-refractivity contribution in [2.24, 2.45) is 10.7 Å². The first-order chi connectivity index (χ1) is 9.01. The molecule has 0 heterocycles. The van der Waals surface area contributed by atoms with Gasteiger partial charge in [0.05, 0.1) is 5.69 Å². The highest BCUT2D eigenvalue weighted by molar-refractivity contribution is 6.18. The van der Waals surface area contributed by atoms with Crippen molar-refractivity contribution in [3.05, 3.63) is 35.5 Å². The summed E-state index contributed by atoms with van der Waals surface area (Å²) in [7, 11) is 0. The summed E-state index contributed by atoms with van der Waals surface area (Å²) < 4.78 is 0. The lowest BCUT2D eigenvalue weighted by Gasteiger charge is -2.21. The monoisotopic (exact) mass is 260 g/mol. The van der Waals surface area contributed by atoms with E-state index in [4.69, 9.17) is 11.5 Å². The number of aliphatic imine (C=N–C) groups is 1. The lowest BCUT2D eigenvalue weighted by atomic mass is 10.2. The van der Waals surface area contributed by atoms with Crippen LogP contribution in [-0.4, -0.2) is 18.8 Å². The van der Waals surface area contributed by atoms with Crippen LogP contribution in [0.1, 0.15) is 20.8 Å². The highest BCUT2D eigenvalue weighted by Crippen LogP contribution is 2.19. The van der Waals surface area contributed by atoms with E-state index < -0.39 is 0 Å². The second-order valence-electron chi connectivity index (χ2n) is 4.18. The molecule has 0 saturated heterocycles. The fourth-order valence-corrected chi connectivity index (χ4v) is 1.61. The average Bonchev–Trinajstić information content (AvgIpc) is 2.37. The minimum absolute atomic E-state index is 0.545. The van der Waals surface area contributed by atoms with Gasteiger partial charge in [0.25, 0.3) is 0 Å². The van der Waals surface area contributed by atoms with E-state index in [1.54, 1.807) is 31.2 Å². The van der Waals surface area contributed by atoms with Crippen LogP contribution in [0.5, 0.6) is 0 Å². The Morgan fingerprint density at radius 1 is 1.42 bits per heavy atom. The van der Waals surface area contributed by atoms with Crippen LogP contribution in [0.3, 0.4) is 0 Å². The molecule has 0 aliphatic heterocycles. The molecule has 102 valence electrons. The maximum Gasteiger partial charge on any atom is 0.219 e. The van der Waals surface area contributed by atoms with Gasteiger partial charge in [0.15, 0.2) is 0 Å². The van der Waals surface area contributed by atoms with Gasteiger partial charge in [-0.15, -0.1) is 0 Å². The summed E-state index contributed by atoms with van der Waals surface area (Å²) in [5.74, 6) is 0.545. The van der Waals surface area contributed by atoms with Crippen LogP contribution in [0, 0.1) is 0 Å². The van der Waals surface area contributed by atoms with E-state index >= 15 is 0 Å². The largest absolute Gasteiger partial charge is 0.402 e. The number of nitrogens with two attached hydrogens (primary N) is 2. The summed E-state index contributed by atoms with van der Waals surface area (Å²) in [5.41, 5.74) is 14.2. The zero-order valence-corrected chi connectivity index (χ0v) is 11.6. The number of nitrogen functional groups attached to an aromatic ring is 1. The number of nitrogens with zero attached hydrogens (tertiary/aromatic N) is 2. The second-order valence-corrected chi connectivity index (χ2v) is 4.18. The van der Waals surface area contributed by atoms with Gasteiger partial charge in [-0.1, -0.05) is 6.07 Å². The number of hydrogen-bond donors (Lipinski definition) is 2. The fourth-order valence-electron chi connectivity index (χ4n) is 1.61. The van der Waals surface area contributed by atoms with E-state index in [9.17, 15) is 4.79 Å². The van der Waals surface area contributed by atoms with E-state index in [1.807, 2.05) is 13.8 Å². The zero-order valence-electron chi connectivity index (χ0n) is 11.6. The van der Waals surface area contributed by atoms with Crippen LogP contribution >= 0.6 is 0 Å². The van der Waals surface area contributed by atoms with Gasteiger partial charge in [0, 0.05) is 23.5 Å². The molecule has 0 fully saturated rings. The first-order valence-electron chi connectivity index (χ1n) is 6.09. The number of hydrogen-bond acceptors (Lipinski definition) is 4. The molecule has 0 aliphatic rings. The third-order valence-electron chi connectivity index (χ3n) is 2.72. The van der Waals surface area contributed by atoms with Crippen molar-refractivity contribution in [1.29, 1.82) is 0 Å². The molecule has 4 N–H and O–H groups in total. The highest BCUT2D eigenvalue weighted by Gasteiger charge is 2.15. The molecule has 5 heteroatoms. The summed E-state index contributed by atoms with van der Waals surface area (Å²) in [6.07, 6.45) is 0.718. The number of amidine groups is 1. The predicted octanol–water partition coefficient (Wildman–Crippen LogP) is 1.90. The molecule has 0 spiro atoms. The van der Waals surface area contributed by atoms with Gasteiger partial charge >= 0.3 is 0 Å². The molecule has 5 nitrogen and oxygen atoms in total. The average molecular weight is 260 g/mol. The molecular weight excluding hydrogens is 240 g/mol. The quantitative estimate of drug-likeness (QED) is 0.375. The minimum Gasteiger partial charge on any atom is -0.402 e. The second kappa shape index (κ2) is 6.58. The number of carbonyl (C=O) groups is 1. The van der Waals surface area contributed by atoms with E-state index in [1.165, 1.54) is 4.90 Å². The molecule has 0 unspecified atom stereocenters. The summed E-state index contributed by atoms with van der Waals surface area (Å²) in [6.45, 7) is 6.09. The van der Waals surface area contributed by atoms with Crippen LogP contribution in [0.2, 0.25) is 0 Å². The smallest absolute Gasteiger partial charge is 0.219 e. The van der Waals surface area contributed by atoms with Gasteiger partial charge in [-0.05, 0) is 39.0 Å². The van der Waals surface area contributed by atoms with E-state index in [0.29, 0.717) is 29.5 Å². The number of anilines is 2. The Balaban J connectivity index is 3.30. The Bertz CT molecular complexity index is 516. The third-order valence-corrected chi connectivity index (χ3v) is 2.72. The molecule has 0 aliphatic carbocycles. The first-order valence-corrected chi connectivity index (χ1v) is 6.09. The molecule has 1 aromatic carbocycles. The van der Waals surface area contributed by atoms with Gasteiger partial charge in [0.2, 0.25) is 6.41 Å². The van der Waals surface area contributed by atoms with Crippen molar-refractivity contribution in [1.82, 2.24) is 0 Å². The Hall–Kier alpha value is -2.30. The van der Waals surface area contributed by atoms with Crippen molar-refractivity contribution in [2.75, 3.05) is 17.2 Å². The lowest BCUT2D eigenvalue weighted by Crippen LogP contribution is -2.31. The minimum atomic E-state index is 0.545. The fraction of sp³-hybridized carbons (Fsp3) is 0.286. The standard InChI is InChI=1S/C14H20N4O/c1-4-17-14(10(2)11(3)15)18(9-19)13-7-5-6-12(16)8-13/h5-9H,4,15-16H2,1-3H3/b11-10+,17-14?. The molecule has 0 atom stereocenters. The Morgan fingerprint density at radius 2 is 2.11 bits per heavy atom. The summed E-state index contributed by atoms with van der Waals surface area (Å²) in [6, 6.07) is 7.08. The number of benzene rings is 1. The number of rotatable bonds is 4. The van der Waals surface area contributed by atoms with E-state index in [2.05, 4.69) is 4.99 Å². The van der Waals surface area contributed by atoms with Gasteiger partial charge in [-0.3, -0.25) is 14.7 Å². The Labute approximate surface area is 113 Å². The molecule has 1 amide bonds. The van der Waals surface area contributed by atoms with Crippen molar-refractivity contribution >= 4 is 23.6 Å². The normalized spacial score (nSPS) is 12.9. The predicted molar refractivity (Wildman–Crippen MR) is 79.9 cm³/mol. The Morgan fingerprint density at radius 3 is 2.58 bits per heavy atom. The van der Waals surface area contributed by atoms with E-state index in [-0.39, 0.29) is 0 Å². The van der Waals surface area contributed by atoms with Crippen LogP contribution in [0.25, 0.3) is 0 Å². The van der Waals surface area contributed by atoms with Gasteiger partial charge in [-0.2, -0.15) is 0 Å². The highest BCUT2D eigenvalue weighted by atomic mass is 16.1. The molecule has 1 aromatic rings. The van der Waals surface area contributed by atoms with Crippen LogP contribution in [0.15, 0.2) is 40.5 Å². The lowest BCUT2D eigenvalue weighted by molar-refractivity contribution is -0.106. The van der Waals surface area contributed by atoms with Gasteiger partial charge in [-0.25, -0.2) is 0 Å². The summed E-state index contributed by atoms with van der Waals surface area (Å²) in [5, 5.41) is 0. The van der Waals surface area contributed by atoms with Gasteiger partial charge < -0.3 is 11.5 Å². The van der Waals surface area contributed by atoms with Crippen molar-refractivity contribution in [2.45, 2.75) is 20.8 Å². The molecular formula is C14H20N4O. The number of carbonyl (C=O) groups excluding carboxylic acids is 1. The maximum absolute atomic E-state index is 11.4.